The Morgan fingerprint density at radius 3 is 2.38 bits per heavy atom. The molecule has 8 nitrogen and oxygen atoms in total. The summed E-state index contributed by atoms with van der Waals surface area (Å²) in [6.45, 7) is 0. The maximum Gasteiger partial charge on any atom is 0.326 e. The Balaban J connectivity index is 2.22. The first-order valence-corrected chi connectivity index (χ1v) is 9.23. The Morgan fingerprint density at radius 1 is 1.23 bits per heavy atom. The van der Waals surface area contributed by atoms with Crippen LogP contribution in [0.5, 0.6) is 0 Å². The number of nitrogens with zero attached hydrogens (tertiary/aromatic N) is 2. The van der Waals surface area contributed by atoms with Crippen molar-refractivity contribution in [3.63, 3.8) is 0 Å². The first-order chi connectivity index (χ1) is 12.1. The van der Waals surface area contributed by atoms with Gasteiger partial charge in [0.05, 0.1) is 0 Å². The molecule has 26 heavy (non-hydrogen) atoms. The van der Waals surface area contributed by atoms with E-state index in [2.05, 4.69) is 5.32 Å². The van der Waals surface area contributed by atoms with E-state index in [-0.39, 0.29) is 17.0 Å². The molecule has 9 heteroatoms. The molecule has 1 unspecified atom stereocenters. The van der Waals surface area contributed by atoms with Crippen LogP contribution in [0.15, 0.2) is 47.5 Å². The molecule has 1 atom stereocenters. The Morgan fingerprint density at radius 2 is 1.85 bits per heavy atom. The largest absolute Gasteiger partial charge is 0.480 e. The maximum absolute atomic E-state index is 12.5. The molecule has 0 aliphatic rings. The molecule has 2 aromatic rings. The highest BCUT2D eigenvalue weighted by molar-refractivity contribution is 7.89. The molecule has 0 fully saturated rings. The average molecular weight is 379 g/mol. The van der Waals surface area contributed by atoms with Gasteiger partial charge < -0.3 is 15.0 Å². The molecule has 140 valence electrons. The fourth-order valence-electron chi connectivity index (χ4n) is 2.39. The Labute approximate surface area is 152 Å². The molecule has 0 saturated carbocycles. The number of amides is 1. The Hall–Kier alpha value is -2.65. The number of carbonyl (C=O) groups is 2. The molecule has 0 bridgehead atoms. The fraction of sp³-hybridized carbons (Fsp3) is 0.294. The summed E-state index contributed by atoms with van der Waals surface area (Å²) < 4.78 is 26.8. The van der Waals surface area contributed by atoms with Gasteiger partial charge in [-0.05, 0) is 11.6 Å². The van der Waals surface area contributed by atoms with Crippen LogP contribution in [-0.2, 0) is 28.3 Å². The maximum atomic E-state index is 12.5. The highest BCUT2D eigenvalue weighted by Gasteiger charge is 2.25. The summed E-state index contributed by atoms with van der Waals surface area (Å²) in [6, 6.07) is 9.02. The number of hydrogen-bond donors (Lipinski definition) is 2. The van der Waals surface area contributed by atoms with Crippen LogP contribution in [-0.4, -0.2) is 54.4 Å². The standard InChI is InChI=1S/C17H21N3O5S/c1-19(2)26(24,25)13-10-15(20(3)11-13)16(21)18-14(17(22)23)9-12-7-5-4-6-8-12/h4-8,10-11,14H,9H2,1-3H3,(H,18,21)(H,22,23). The van der Waals surface area contributed by atoms with Crippen LogP contribution in [0.4, 0.5) is 0 Å². The molecule has 1 amide bonds. The lowest BCUT2D eigenvalue weighted by Gasteiger charge is -2.15. The first-order valence-electron chi connectivity index (χ1n) is 7.79. The average Bonchev–Trinajstić information content (AvgIpc) is 2.97. The molecule has 1 aromatic heterocycles. The highest BCUT2D eigenvalue weighted by atomic mass is 32.2. The van der Waals surface area contributed by atoms with Crippen molar-refractivity contribution >= 4 is 21.9 Å². The summed E-state index contributed by atoms with van der Waals surface area (Å²) in [4.78, 5) is 23.9. The van der Waals surface area contributed by atoms with Gasteiger partial charge in [0.2, 0.25) is 10.0 Å². The topological polar surface area (TPSA) is 109 Å². The van der Waals surface area contributed by atoms with Gasteiger partial charge >= 0.3 is 5.97 Å². The second-order valence-electron chi connectivity index (χ2n) is 6.01. The first kappa shape index (κ1) is 19.7. The molecular weight excluding hydrogens is 358 g/mol. The van der Waals surface area contributed by atoms with Crippen molar-refractivity contribution in [3.05, 3.63) is 53.9 Å². The number of rotatable bonds is 7. The van der Waals surface area contributed by atoms with Gasteiger partial charge in [-0.25, -0.2) is 17.5 Å². The summed E-state index contributed by atoms with van der Waals surface area (Å²) in [7, 11) is 0.618. The summed E-state index contributed by atoms with van der Waals surface area (Å²) in [5, 5.41) is 11.8. The van der Waals surface area contributed by atoms with Gasteiger partial charge in [-0.1, -0.05) is 30.3 Å². The van der Waals surface area contributed by atoms with Crippen molar-refractivity contribution in [1.29, 1.82) is 0 Å². The van der Waals surface area contributed by atoms with Crippen molar-refractivity contribution in [2.75, 3.05) is 14.1 Å². The minimum absolute atomic E-state index is 0.0370. The third kappa shape index (κ3) is 4.30. The second kappa shape index (κ2) is 7.71. The SMILES string of the molecule is CN(C)S(=O)(=O)c1cc(C(=O)NC(Cc2ccccc2)C(=O)O)n(C)c1. The summed E-state index contributed by atoms with van der Waals surface area (Å²) in [5.74, 6) is -1.83. The smallest absolute Gasteiger partial charge is 0.326 e. The van der Waals surface area contributed by atoms with Crippen LogP contribution in [0.2, 0.25) is 0 Å². The number of aromatic nitrogens is 1. The van der Waals surface area contributed by atoms with Crippen molar-refractivity contribution < 1.29 is 23.1 Å². The molecule has 0 saturated heterocycles. The normalized spacial score (nSPS) is 12.8. The van der Waals surface area contributed by atoms with Crippen LogP contribution in [0.3, 0.4) is 0 Å². The van der Waals surface area contributed by atoms with E-state index in [4.69, 9.17) is 0 Å². The number of aryl methyl sites for hydroxylation is 1. The van der Waals surface area contributed by atoms with Crippen LogP contribution < -0.4 is 5.32 Å². The number of carbonyl (C=O) groups excluding carboxylic acids is 1. The van der Waals surface area contributed by atoms with E-state index in [1.165, 1.54) is 38.0 Å². The zero-order chi connectivity index (χ0) is 19.5. The number of carboxylic acid groups (broad SMARTS) is 1. The molecule has 2 rings (SSSR count). The van der Waals surface area contributed by atoms with E-state index in [1.54, 1.807) is 24.3 Å². The minimum atomic E-state index is -3.69. The van der Waals surface area contributed by atoms with E-state index in [1.807, 2.05) is 6.07 Å². The van der Waals surface area contributed by atoms with Gasteiger partial charge in [-0.3, -0.25) is 4.79 Å². The number of aliphatic carboxylic acids is 1. The van der Waals surface area contributed by atoms with Gasteiger partial charge in [0.25, 0.3) is 5.91 Å². The fourth-order valence-corrected chi connectivity index (χ4v) is 3.37. The van der Waals surface area contributed by atoms with Crippen molar-refractivity contribution in [2.24, 2.45) is 7.05 Å². The van der Waals surface area contributed by atoms with Crippen LogP contribution in [0, 0.1) is 0 Å². The number of nitrogens with one attached hydrogen (secondary N) is 1. The molecule has 2 N–H and O–H groups in total. The highest BCUT2D eigenvalue weighted by Crippen LogP contribution is 2.17. The van der Waals surface area contributed by atoms with E-state index >= 15 is 0 Å². The number of hydrogen-bond acceptors (Lipinski definition) is 4. The molecule has 1 aromatic carbocycles. The van der Waals surface area contributed by atoms with Crippen LogP contribution in [0.1, 0.15) is 16.1 Å². The number of sulfonamides is 1. The Bertz CT molecular complexity index is 904. The number of benzene rings is 1. The van der Waals surface area contributed by atoms with Gasteiger partial charge in [-0.15, -0.1) is 0 Å². The lowest BCUT2D eigenvalue weighted by molar-refractivity contribution is -0.139. The Kier molecular flexibility index (Phi) is 5.83. The van der Waals surface area contributed by atoms with Crippen molar-refractivity contribution in [3.8, 4) is 0 Å². The predicted octanol–water partition coefficient (Wildman–Crippen LogP) is 0.701. The third-order valence-corrected chi connectivity index (χ3v) is 5.66. The van der Waals surface area contributed by atoms with Crippen LogP contribution in [0.25, 0.3) is 0 Å². The lowest BCUT2D eigenvalue weighted by Crippen LogP contribution is -2.42. The van der Waals surface area contributed by atoms with E-state index < -0.39 is 27.9 Å². The number of carboxylic acids is 1. The third-order valence-electron chi connectivity index (χ3n) is 3.88. The minimum Gasteiger partial charge on any atom is -0.480 e. The van der Waals surface area contributed by atoms with Gasteiger partial charge in [0.15, 0.2) is 0 Å². The van der Waals surface area contributed by atoms with E-state index in [0.717, 1.165) is 9.87 Å². The summed E-state index contributed by atoms with van der Waals surface area (Å²) >= 11 is 0. The monoisotopic (exact) mass is 379 g/mol. The molecule has 0 aliphatic carbocycles. The molecule has 1 heterocycles. The van der Waals surface area contributed by atoms with Gasteiger partial charge in [0, 0.05) is 33.8 Å². The van der Waals surface area contributed by atoms with E-state index in [0.29, 0.717) is 0 Å². The molecular formula is C17H21N3O5S. The summed E-state index contributed by atoms with van der Waals surface area (Å²) in [6.07, 6.45) is 1.44. The predicted molar refractivity (Wildman–Crippen MR) is 95.3 cm³/mol. The van der Waals surface area contributed by atoms with Gasteiger partial charge in [0.1, 0.15) is 16.6 Å². The lowest BCUT2D eigenvalue weighted by atomic mass is 10.1. The molecule has 0 aliphatic heterocycles. The molecule has 0 spiro atoms. The van der Waals surface area contributed by atoms with Crippen LogP contribution >= 0.6 is 0 Å². The van der Waals surface area contributed by atoms with Crippen molar-refractivity contribution in [1.82, 2.24) is 14.2 Å². The van der Waals surface area contributed by atoms with Gasteiger partial charge in [-0.2, -0.15) is 0 Å². The van der Waals surface area contributed by atoms with Crippen molar-refractivity contribution in [2.45, 2.75) is 17.4 Å². The quantitative estimate of drug-likeness (QED) is 0.736. The van der Waals surface area contributed by atoms with E-state index in [9.17, 15) is 23.1 Å². The second-order valence-corrected chi connectivity index (χ2v) is 8.17. The molecule has 0 radical (unpaired) electrons. The zero-order valence-electron chi connectivity index (χ0n) is 14.7. The summed E-state index contributed by atoms with van der Waals surface area (Å²) in [5.41, 5.74) is 0.827. The zero-order valence-corrected chi connectivity index (χ0v) is 15.5.